The molecular weight excluding hydrogens is 432 g/mol. The van der Waals surface area contributed by atoms with Gasteiger partial charge in [0.15, 0.2) is 5.96 Å². The summed E-state index contributed by atoms with van der Waals surface area (Å²) in [5.74, 6) is 0.655. The van der Waals surface area contributed by atoms with Gasteiger partial charge in [-0.2, -0.15) is 0 Å². The first kappa shape index (κ1) is 21.9. The van der Waals surface area contributed by atoms with Gasteiger partial charge in [0, 0.05) is 19.6 Å². The van der Waals surface area contributed by atoms with Crippen LogP contribution in [0.2, 0.25) is 0 Å². The van der Waals surface area contributed by atoms with E-state index in [1.54, 1.807) is 6.07 Å². The van der Waals surface area contributed by atoms with Crippen molar-refractivity contribution < 1.29 is 9.13 Å². The fraction of sp³-hybridized carbons (Fsp3) is 0.526. The monoisotopic (exact) mass is 461 g/mol. The molecule has 0 saturated heterocycles. The number of aryl methyl sites for hydroxylation is 1. The van der Waals surface area contributed by atoms with E-state index in [1.807, 2.05) is 13.0 Å². The molecule has 0 fully saturated rings. The third kappa shape index (κ3) is 8.18. The fourth-order valence-corrected chi connectivity index (χ4v) is 2.70. The molecular formula is C19H29FIN3O. The second kappa shape index (κ2) is 12.2. The summed E-state index contributed by atoms with van der Waals surface area (Å²) in [6.45, 7) is 7.94. The molecule has 2 rings (SSSR count). The van der Waals surface area contributed by atoms with Gasteiger partial charge in [0.25, 0.3) is 0 Å². The molecule has 0 atom stereocenters. The minimum atomic E-state index is -0.183. The van der Waals surface area contributed by atoms with Crippen molar-refractivity contribution in [2.45, 2.75) is 33.1 Å². The number of hydrogen-bond donors (Lipinski definition) is 2. The van der Waals surface area contributed by atoms with Crippen molar-refractivity contribution in [3.05, 3.63) is 46.8 Å². The number of nitrogens with zero attached hydrogens (tertiary/aromatic N) is 1. The van der Waals surface area contributed by atoms with Gasteiger partial charge in [0.05, 0.1) is 13.2 Å². The second-order valence-corrected chi connectivity index (χ2v) is 5.95. The van der Waals surface area contributed by atoms with Crippen LogP contribution in [0.4, 0.5) is 4.39 Å². The van der Waals surface area contributed by atoms with Crippen molar-refractivity contribution in [2.24, 2.45) is 4.99 Å². The smallest absolute Gasteiger partial charge is 0.191 e. The number of benzene rings is 1. The topological polar surface area (TPSA) is 45.7 Å². The Hall–Kier alpha value is -1.15. The molecule has 0 radical (unpaired) electrons. The van der Waals surface area contributed by atoms with Gasteiger partial charge in [-0.05, 0) is 56.4 Å². The van der Waals surface area contributed by atoms with Gasteiger partial charge in [-0.3, -0.25) is 4.99 Å². The zero-order valence-corrected chi connectivity index (χ0v) is 17.4. The van der Waals surface area contributed by atoms with E-state index >= 15 is 0 Å². The lowest BCUT2D eigenvalue weighted by molar-refractivity contribution is 0.153. The standard InChI is InChI=1S/C19H28FN3O.HI/c1-3-21-19(22-10-6-16-8-12-24-13-9-16)23-11-7-17-4-5-18(20)14-15(17)2;/h4-5,8,14H,3,6-7,9-13H2,1-2H3,(H2,21,22,23);1H. The average Bonchev–Trinajstić information content (AvgIpc) is 2.58. The molecule has 2 N–H and O–H groups in total. The summed E-state index contributed by atoms with van der Waals surface area (Å²) in [4.78, 5) is 4.61. The molecule has 6 heteroatoms. The molecule has 0 spiro atoms. The number of aliphatic imine (C=N–C) groups is 1. The van der Waals surface area contributed by atoms with Gasteiger partial charge in [-0.15, -0.1) is 24.0 Å². The summed E-state index contributed by atoms with van der Waals surface area (Å²) in [6.07, 6.45) is 5.03. The van der Waals surface area contributed by atoms with Gasteiger partial charge in [0.1, 0.15) is 5.82 Å². The SMILES string of the molecule is CCNC(=NCCc1ccc(F)cc1C)NCCC1=CCOCC1.I. The Morgan fingerprint density at radius 3 is 2.80 bits per heavy atom. The molecule has 1 aromatic carbocycles. The van der Waals surface area contributed by atoms with Gasteiger partial charge in [-0.25, -0.2) is 4.39 Å². The first-order chi connectivity index (χ1) is 11.7. The number of nitrogens with one attached hydrogen (secondary N) is 2. The minimum absolute atomic E-state index is 0. The highest BCUT2D eigenvalue weighted by molar-refractivity contribution is 14.0. The normalized spacial score (nSPS) is 14.5. The molecule has 0 saturated carbocycles. The van der Waals surface area contributed by atoms with Crippen LogP contribution in [0.25, 0.3) is 0 Å². The van der Waals surface area contributed by atoms with Crippen molar-refractivity contribution in [2.75, 3.05) is 32.8 Å². The molecule has 1 aromatic rings. The zero-order valence-electron chi connectivity index (χ0n) is 15.1. The lowest BCUT2D eigenvalue weighted by atomic mass is 10.1. The number of ether oxygens (including phenoxy) is 1. The molecule has 4 nitrogen and oxygen atoms in total. The number of rotatable bonds is 7. The van der Waals surface area contributed by atoms with Crippen LogP contribution in [0.5, 0.6) is 0 Å². The fourth-order valence-electron chi connectivity index (χ4n) is 2.70. The maximum atomic E-state index is 13.1. The van der Waals surface area contributed by atoms with Crippen molar-refractivity contribution in [1.82, 2.24) is 10.6 Å². The molecule has 0 bridgehead atoms. The largest absolute Gasteiger partial charge is 0.377 e. The summed E-state index contributed by atoms with van der Waals surface area (Å²) in [5, 5.41) is 6.64. The third-order valence-electron chi connectivity index (χ3n) is 4.10. The molecule has 1 aliphatic heterocycles. The van der Waals surface area contributed by atoms with Crippen LogP contribution in [0.3, 0.4) is 0 Å². The highest BCUT2D eigenvalue weighted by Crippen LogP contribution is 2.11. The van der Waals surface area contributed by atoms with E-state index in [4.69, 9.17) is 4.74 Å². The van der Waals surface area contributed by atoms with Crippen molar-refractivity contribution >= 4 is 29.9 Å². The molecule has 1 heterocycles. The summed E-state index contributed by atoms with van der Waals surface area (Å²) in [5.41, 5.74) is 3.57. The Morgan fingerprint density at radius 1 is 1.28 bits per heavy atom. The summed E-state index contributed by atoms with van der Waals surface area (Å²) in [6, 6.07) is 4.93. The molecule has 0 aromatic heterocycles. The van der Waals surface area contributed by atoms with Crippen LogP contribution in [-0.2, 0) is 11.2 Å². The maximum Gasteiger partial charge on any atom is 0.191 e. The molecule has 1 aliphatic rings. The predicted octanol–water partition coefficient (Wildman–Crippen LogP) is 3.59. The number of guanidine groups is 1. The zero-order chi connectivity index (χ0) is 17.2. The summed E-state index contributed by atoms with van der Waals surface area (Å²) >= 11 is 0. The maximum absolute atomic E-state index is 13.1. The number of hydrogen-bond acceptors (Lipinski definition) is 2. The van der Waals surface area contributed by atoms with Crippen LogP contribution in [0.1, 0.15) is 30.9 Å². The Balaban J connectivity index is 0.00000312. The summed E-state index contributed by atoms with van der Waals surface area (Å²) < 4.78 is 18.5. The van der Waals surface area contributed by atoms with E-state index in [-0.39, 0.29) is 29.8 Å². The highest BCUT2D eigenvalue weighted by Gasteiger charge is 2.04. The Kier molecular flexibility index (Phi) is 10.7. The van der Waals surface area contributed by atoms with Crippen LogP contribution in [0.15, 0.2) is 34.8 Å². The van der Waals surface area contributed by atoms with Gasteiger partial charge >= 0.3 is 0 Å². The first-order valence-electron chi connectivity index (χ1n) is 8.72. The molecule has 0 aliphatic carbocycles. The van der Waals surface area contributed by atoms with Crippen LogP contribution < -0.4 is 10.6 Å². The number of halogens is 2. The molecule has 0 unspecified atom stereocenters. The van der Waals surface area contributed by atoms with E-state index in [0.717, 1.165) is 62.7 Å². The minimum Gasteiger partial charge on any atom is -0.377 e. The van der Waals surface area contributed by atoms with Gasteiger partial charge in [-0.1, -0.05) is 17.7 Å². The quantitative estimate of drug-likeness (QED) is 0.283. The molecule has 0 amide bonds. The second-order valence-electron chi connectivity index (χ2n) is 5.95. The van der Waals surface area contributed by atoms with Crippen molar-refractivity contribution in [3.8, 4) is 0 Å². The van der Waals surface area contributed by atoms with Gasteiger partial charge < -0.3 is 15.4 Å². The van der Waals surface area contributed by atoms with E-state index in [9.17, 15) is 4.39 Å². The van der Waals surface area contributed by atoms with Crippen molar-refractivity contribution in [1.29, 1.82) is 0 Å². The Labute approximate surface area is 167 Å². The van der Waals surface area contributed by atoms with E-state index in [1.165, 1.54) is 11.6 Å². The Bertz CT molecular complexity index is 590. The predicted molar refractivity (Wildman–Crippen MR) is 112 cm³/mol. The van der Waals surface area contributed by atoms with Gasteiger partial charge in [0.2, 0.25) is 0 Å². The van der Waals surface area contributed by atoms with Crippen LogP contribution in [-0.4, -0.2) is 38.8 Å². The molecule has 140 valence electrons. The van der Waals surface area contributed by atoms with Crippen LogP contribution in [0, 0.1) is 12.7 Å². The lowest BCUT2D eigenvalue weighted by Crippen LogP contribution is -2.38. The van der Waals surface area contributed by atoms with E-state index in [2.05, 4.69) is 28.6 Å². The Morgan fingerprint density at radius 2 is 2.12 bits per heavy atom. The average molecular weight is 461 g/mol. The van der Waals surface area contributed by atoms with E-state index < -0.39 is 0 Å². The summed E-state index contributed by atoms with van der Waals surface area (Å²) in [7, 11) is 0. The highest BCUT2D eigenvalue weighted by atomic mass is 127. The molecule has 25 heavy (non-hydrogen) atoms. The van der Waals surface area contributed by atoms with Crippen molar-refractivity contribution in [3.63, 3.8) is 0 Å². The van der Waals surface area contributed by atoms with Crippen LogP contribution >= 0.6 is 24.0 Å². The first-order valence-corrected chi connectivity index (χ1v) is 8.72. The lowest BCUT2D eigenvalue weighted by Gasteiger charge is -2.15. The third-order valence-corrected chi connectivity index (χ3v) is 4.10. The van der Waals surface area contributed by atoms with E-state index in [0.29, 0.717) is 6.54 Å².